The van der Waals surface area contributed by atoms with E-state index >= 15 is 0 Å². The molecule has 0 radical (unpaired) electrons. The van der Waals surface area contributed by atoms with Crippen molar-refractivity contribution in [3.8, 4) is 5.69 Å². The number of aromatic nitrogens is 3. The lowest BCUT2D eigenvalue weighted by Gasteiger charge is -2.05. The van der Waals surface area contributed by atoms with Gasteiger partial charge in [-0.25, -0.2) is 4.68 Å². The van der Waals surface area contributed by atoms with Crippen molar-refractivity contribution in [3.63, 3.8) is 0 Å². The molecule has 0 amide bonds. The van der Waals surface area contributed by atoms with Gasteiger partial charge in [-0.1, -0.05) is 18.2 Å². The van der Waals surface area contributed by atoms with E-state index in [0.717, 1.165) is 16.6 Å². The normalized spacial score (nSPS) is 10.8. The minimum atomic E-state index is 1.03. The third-order valence-electron chi connectivity index (χ3n) is 2.72. The molecule has 0 spiro atoms. The van der Waals surface area contributed by atoms with Gasteiger partial charge >= 0.3 is 0 Å². The molecule has 0 fully saturated rings. The van der Waals surface area contributed by atoms with Crippen molar-refractivity contribution in [2.24, 2.45) is 0 Å². The van der Waals surface area contributed by atoms with Gasteiger partial charge in [0.05, 0.1) is 23.6 Å². The molecule has 2 heterocycles. The van der Waals surface area contributed by atoms with E-state index in [1.54, 1.807) is 6.20 Å². The van der Waals surface area contributed by atoms with Gasteiger partial charge in [0.1, 0.15) is 0 Å². The molecular formula is C13H11N3. The molecule has 0 unspecified atom stereocenters. The van der Waals surface area contributed by atoms with Gasteiger partial charge in [-0.2, -0.15) is 5.10 Å². The summed E-state index contributed by atoms with van der Waals surface area (Å²) in [5.74, 6) is 0. The molecule has 0 saturated heterocycles. The minimum Gasteiger partial charge on any atom is -0.262 e. The van der Waals surface area contributed by atoms with Crippen molar-refractivity contribution in [1.29, 1.82) is 0 Å². The highest BCUT2D eigenvalue weighted by Gasteiger charge is 2.05. The van der Waals surface area contributed by atoms with Crippen LogP contribution in [-0.2, 0) is 0 Å². The number of nitrogens with zero attached hydrogens (tertiary/aromatic N) is 3. The molecule has 3 aromatic rings. The zero-order chi connectivity index (χ0) is 11.0. The van der Waals surface area contributed by atoms with E-state index in [4.69, 9.17) is 0 Å². The second-order valence-electron chi connectivity index (χ2n) is 3.78. The lowest BCUT2D eigenvalue weighted by molar-refractivity contribution is 0.894. The average molecular weight is 209 g/mol. The zero-order valence-electron chi connectivity index (χ0n) is 8.96. The van der Waals surface area contributed by atoms with Crippen molar-refractivity contribution in [3.05, 3.63) is 54.5 Å². The summed E-state index contributed by atoms with van der Waals surface area (Å²) in [6.07, 6.45) is 5.51. The molecular weight excluding hydrogens is 198 g/mol. The summed E-state index contributed by atoms with van der Waals surface area (Å²) in [7, 11) is 0. The van der Waals surface area contributed by atoms with Crippen molar-refractivity contribution in [2.75, 3.05) is 0 Å². The van der Waals surface area contributed by atoms with Crippen molar-refractivity contribution >= 4 is 10.9 Å². The maximum atomic E-state index is 4.40. The standard InChI is InChI=1S/C13H11N3/c1-10-6-7-14-9-13(10)16-12-5-3-2-4-11(12)8-15-16/h2-9H,1H3. The Kier molecular flexibility index (Phi) is 1.96. The van der Waals surface area contributed by atoms with Gasteiger partial charge in [0.2, 0.25) is 0 Å². The number of aryl methyl sites for hydroxylation is 1. The van der Waals surface area contributed by atoms with Crippen molar-refractivity contribution in [1.82, 2.24) is 14.8 Å². The number of fused-ring (bicyclic) bond motifs is 1. The van der Waals surface area contributed by atoms with E-state index in [-0.39, 0.29) is 0 Å². The second kappa shape index (κ2) is 3.45. The Morgan fingerprint density at radius 2 is 1.94 bits per heavy atom. The molecule has 0 bridgehead atoms. The first-order chi connectivity index (χ1) is 7.86. The fourth-order valence-corrected chi connectivity index (χ4v) is 1.84. The molecule has 3 nitrogen and oxygen atoms in total. The summed E-state index contributed by atoms with van der Waals surface area (Å²) in [6.45, 7) is 2.06. The molecule has 2 aromatic heterocycles. The van der Waals surface area contributed by atoms with Crippen molar-refractivity contribution in [2.45, 2.75) is 6.92 Å². The fraction of sp³-hybridized carbons (Fsp3) is 0.0769. The fourth-order valence-electron chi connectivity index (χ4n) is 1.84. The number of pyridine rings is 1. The molecule has 0 aliphatic rings. The first kappa shape index (κ1) is 9.09. The average Bonchev–Trinajstić information content (AvgIpc) is 2.74. The summed E-state index contributed by atoms with van der Waals surface area (Å²) in [5.41, 5.74) is 3.31. The van der Waals surface area contributed by atoms with Gasteiger partial charge in [0.15, 0.2) is 0 Å². The van der Waals surface area contributed by atoms with E-state index in [1.807, 2.05) is 35.3 Å². The molecule has 0 aliphatic carbocycles. The van der Waals surface area contributed by atoms with Crippen LogP contribution >= 0.6 is 0 Å². The predicted molar refractivity (Wildman–Crippen MR) is 63.6 cm³/mol. The summed E-state index contributed by atoms with van der Waals surface area (Å²) in [5, 5.41) is 5.55. The Morgan fingerprint density at radius 3 is 2.81 bits per heavy atom. The van der Waals surface area contributed by atoms with E-state index in [2.05, 4.69) is 29.1 Å². The monoisotopic (exact) mass is 209 g/mol. The molecule has 1 aromatic carbocycles. The Hall–Kier alpha value is -2.16. The van der Waals surface area contributed by atoms with Crippen LogP contribution in [0, 0.1) is 6.92 Å². The van der Waals surface area contributed by atoms with E-state index in [0.29, 0.717) is 0 Å². The van der Waals surface area contributed by atoms with Crippen LogP contribution in [-0.4, -0.2) is 14.8 Å². The van der Waals surface area contributed by atoms with E-state index in [1.165, 1.54) is 5.56 Å². The molecule has 0 atom stereocenters. The number of hydrogen-bond donors (Lipinski definition) is 0. The number of benzene rings is 1. The van der Waals surface area contributed by atoms with Gasteiger partial charge in [0.25, 0.3) is 0 Å². The predicted octanol–water partition coefficient (Wildman–Crippen LogP) is 2.73. The Morgan fingerprint density at radius 1 is 1.06 bits per heavy atom. The van der Waals surface area contributed by atoms with Crippen LogP contribution in [0.25, 0.3) is 16.6 Å². The Balaban J connectivity index is 2.31. The minimum absolute atomic E-state index is 1.03. The van der Waals surface area contributed by atoms with E-state index < -0.39 is 0 Å². The molecule has 0 saturated carbocycles. The number of hydrogen-bond acceptors (Lipinski definition) is 2. The first-order valence-electron chi connectivity index (χ1n) is 5.20. The quantitative estimate of drug-likeness (QED) is 0.617. The third kappa shape index (κ3) is 1.29. The van der Waals surface area contributed by atoms with Crippen LogP contribution in [0.4, 0.5) is 0 Å². The van der Waals surface area contributed by atoms with Gasteiger partial charge in [0, 0.05) is 11.6 Å². The third-order valence-corrected chi connectivity index (χ3v) is 2.72. The molecule has 3 rings (SSSR count). The van der Waals surface area contributed by atoms with Crippen LogP contribution in [0.3, 0.4) is 0 Å². The maximum Gasteiger partial charge on any atom is 0.0865 e. The summed E-state index contributed by atoms with van der Waals surface area (Å²) < 4.78 is 1.93. The number of rotatable bonds is 1. The molecule has 3 heteroatoms. The van der Waals surface area contributed by atoms with Gasteiger partial charge < -0.3 is 0 Å². The highest BCUT2D eigenvalue weighted by molar-refractivity contribution is 5.80. The van der Waals surface area contributed by atoms with Crippen LogP contribution in [0.2, 0.25) is 0 Å². The smallest absolute Gasteiger partial charge is 0.0865 e. The van der Waals surface area contributed by atoms with Gasteiger partial charge in [-0.3, -0.25) is 4.98 Å². The summed E-state index contributed by atoms with van der Waals surface area (Å²) in [4.78, 5) is 4.15. The van der Waals surface area contributed by atoms with Crippen LogP contribution in [0.5, 0.6) is 0 Å². The largest absolute Gasteiger partial charge is 0.262 e. The first-order valence-corrected chi connectivity index (χ1v) is 5.20. The zero-order valence-corrected chi connectivity index (χ0v) is 8.96. The van der Waals surface area contributed by atoms with Crippen LogP contribution in [0.1, 0.15) is 5.56 Å². The molecule has 0 N–H and O–H groups in total. The SMILES string of the molecule is Cc1ccncc1-n1ncc2ccccc21. The van der Waals surface area contributed by atoms with Crippen LogP contribution in [0.15, 0.2) is 48.9 Å². The topological polar surface area (TPSA) is 30.7 Å². The maximum absolute atomic E-state index is 4.40. The highest BCUT2D eigenvalue weighted by atomic mass is 15.3. The van der Waals surface area contributed by atoms with Crippen molar-refractivity contribution < 1.29 is 0 Å². The second-order valence-corrected chi connectivity index (χ2v) is 3.78. The van der Waals surface area contributed by atoms with Gasteiger partial charge in [-0.15, -0.1) is 0 Å². The lowest BCUT2D eigenvalue weighted by atomic mass is 10.2. The highest BCUT2D eigenvalue weighted by Crippen LogP contribution is 2.19. The Bertz CT molecular complexity index is 640. The molecule has 16 heavy (non-hydrogen) atoms. The number of para-hydroxylation sites is 1. The van der Waals surface area contributed by atoms with Crippen LogP contribution < -0.4 is 0 Å². The molecule has 0 aliphatic heterocycles. The summed E-state index contributed by atoms with van der Waals surface area (Å²) in [6, 6.07) is 10.2. The lowest BCUT2D eigenvalue weighted by Crippen LogP contribution is -1.99. The Labute approximate surface area is 93.4 Å². The molecule has 78 valence electrons. The summed E-state index contributed by atoms with van der Waals surface area (Å²) >= 11 is 0. The van der Waals surface area contributed by atoms with E-state index in [9.17, 15) is 0 Å². The van der Waals surface area contributed by atoms with Gasteiger partial charge in [-0.05, 0) is 24.6 Å².